The number of halogens is 1. The summed E-state index contributed by atoms with van der Waals surface area (Å²) in [5.41, 5.74) is 5.53. The number of amides is 2. The lowest BCUT2D eigenvalue weighted by atomic mass is 9.99. The Morgan fingerprint density at radius 1 is 1.07 bits per heavy atom. The summed E-state index contributed by atoms with van der Waals surface area (Å²) < 4.78 is 22.9. The lowest BCUT2D eigenvalue weighted by molar-refractivity contribution is -0.123. The average molecular weight is 585 g/mol. The number of ether oxygens (including phenoxy) is 1. The highest BCUT2D eigenvalue weighted by molar-refractivity contribution is 8.00. The molecule has 1 saturated heterocycles. The Balaban J connectivity index is 1.55. The van der Waals surface area contributed by atoms with E-state index in [0.29, 0.717) is 35.8 Å². The molecule has 7 nitrogen and oxygen atoms in total. The molecule has 1 fully saturated rings. The van der Waals surface area contributed by atoms with E-state index in [2.05, 4.69) is 5.32 Å². The molecule has 3 aromatic carbocycles. The number of aryl methyl sites for hydroxylation is 1. The summed E-state index contributed by atoms with van der Waals surface area (Å²) in [6, 6.07) is 22.3. The first-order chi connectivity index (χ1) is 20.4. The SMILES string of the molecule is Cc1cccc(-n2nc(-c3ccccc3)c3c2N(CC(=O)NC[C@@H]2CCCO2)C(=O)CS[C@H]3c2ccccc2F)c1C. The number of fused-ring (bicyclic) bond motifs is 1. The van der Waals surface area contributed by atoms with Gasteiger partial charge in [-0.2, -0.15) is 5.10 Å². The third-order valence-corrected chi connectivity index (χ3v) is 9.22. The predicted octanol–water partition coefficient (Wildman–Crippen LogP) is 5.76. The monoisotopic (exact) mass is 584 g/mol. The average Bonchev–Trinajstić information content (AvgIpc) is 3.63. The van der Waals surface area contributed by atoms with Crippen molar-refractivity contribution in [2.24, 2.45) is 0 Å². The minimum absolute atomic E-state index is 0.0181. The van der Waals surface area contributed by atoms with Gasteiger partial charge in [-0.3, -0.25) is 14.5 Å². The molecule has 2 aliphatic heterocycles. The van der Waals surface area contributed by atoms with Crippen LogP contribution in [0, 0.1) is 19.7 Å². The molecule has 2 amide bonds. The van der Waals surface area contributed by atoms with Gasteiger partial charge in [0.2, 0.25) is 11.8 Å². The maximum Gasteiger partial charge on any atom is 0.240 e. The van der Waals surface area contributed by atoms with Crippen LogP contribution in [0.1, 0.15) is 40.3 Å². The maximum absolute atomic E-state index is 15.4. The number of carbonyl (C=O) groups is 2. The largest absolute Gasteiger partial charge is 0.376 e. The van der Waals surface area contributed by atoms with Gasteiger partial charge in [-0.1, -0.05) is 60.7 Å². The normalized spacial score (nSPS) is 18.5. The molecule has 2 aliphatic rings. The van der Waals surface area contributed by atoms with Gasteiger partial charge in [-0.05, 0) is 49.9 Å². The molecule has 216 valence electrons. The van der Waals surface area contributed by atoms with Crippen LogP contribution < -0.4 is 10.2 Å². The van der Waals surface area contributed by atoms with Gasteiger partial charge in [-0.25, -0.2) is 9.07 Å². The highest BCUT2D eigenvalue weighted by Gasteiger charge is 2.38. The number of rotatable bonds is 7. The number of carbonyl (C=O) groups excluding carboxylic acids is 2. The first kappa shape index (κ1) is 28.2. The van der Waals surface area contributed by atoms with E-state index < -0.39 is 5.25 Å². The summed E-state index contributed by atoms with van der Waals surface area (Å²) in [5.74, 6) is -0.312. The smallest absolute Gasteiger partial charge is 0.240 e. The Morgan fingerprint density at radius 2 is 1.86 bits per heavy atom. The summed E-state index contributed by atoms with van der Waals surface area (Å²) in [6.07, 6.45) is 1.85. The van der Waals surface area contributed by atoms with E-state index in [4.69, 9.17) is 9.84 Å². The lowest BCUT2D eigenvalue weighted by Gasteiger charge is -2.24. The molecule has 0 spiro atoms. The first-order valence-electron chi connectivity index (χ1n) is 14.2. The molecule has 0 unspecified atom stereocenters. The van der Waals surface area contributed by atoms with Crippen molar-refractivity contribution >= 4 is 29.4 Å². The molecule has 6 rings (SSSR count). The molecule has 1 aromatic heterocycles. The van der Waals surface area contributed by atoms with E-state index in [1.165, 1.54) is 22.7 Å². The molecule has 3 heterocycles. The summed E-state index contributed by atoms with van der Waals surface area (Å²) in [7, 11) is 0. The maximum atomic E-state index is 15.4. The van der Waals surface area contributed by atoms with Crippen molar-refractivity contribution in [2.45, 2.75) is 38.0 Å². The van der Waals surface area contributed by atoms with Crippen molar-refractivity contribution in [2.75, 3.05) is 30.3 Å². The molecule has 1 N–H and O–H groups in total. The number of thioether (sulfide) groups is 1. The van der Waals surface area contributed by atoms with Crippen molar-refractivity contribution in [3.05, 3.63) is 101 Å². The van der Waals surface area contributed by atoms with Crippen LogP contribution in [0.3, 0.4) is 0 Å². The van der Waals surface area contributed by atoms with Crippen molar-refractivity contribution in [3.8, 4) is 16.9 Å². The van der Waals surface area contributed by atoms with Crippen LogP contribution in [0.25, 0.3) is 16.9 Å². The van der Waals surface area contributed by atoms with Gasteiger partial charge in [0.1, 0.15) is 18.2 Å². The van der Waals surface area contributed by atoms with Gasteiger partial charge in [0.25, 0.3) is 0 Å². The van der Waals surface area contributed by atoms with Crippen LogP contribution in [0.5, 0.6) is 0 Å². The summed E-state index contributed by atoms with van der Waals surface area (Å²) in [5, 5.41) is 7.55. The second kappa shape index (κ2) is 12.1. The van der Waals surface area contributed by atoms with Crippen LogP contribution in [0.15, 0.2) is 72.8 Å². The number of nitrogens with one attached hydrogen (secondary N) is 1. The van der Waals surface area contributed by atoms with Crippen LogP contribution in [0.2, 0.25) is 0 Å². The predicted molar refractivity (Wildman–Crippen MR) is 164 cm³/mol. The molecule has 42 heavy (non-hydrogen) atoms. The number of aromatic nitrogens is 2. The van der Waals surface area contributed by atoms with E-state index >= 15 is 4.39 Å². The van der Waals surface area contributed by atoms with Crippen molar-refractivity contribution in [1.29, 1.82) is 0 Å². The number of hydrogen-bond acceptors (Lipinski definition) is 5. The number of benzene rings is 3. The van der Waals surface area contributed by atoms with Crippen LogP contribution in [0.4, 0.5) is 10.2 Å². The molecule has 0 saturated carbocycles. The molecule has 0 bridgehead atoms. The molecule has 0 radical (unpaired) electrons. The Morgan fingerprint density at radius 3 is 2.62 bits per heavy atom. The zero-order valence-electron chi connectivity index (χ0n) is 23.7. The van der Waals surface area contributed by atoms with Crippen LogP contribution in [-0.2, 0) is 14.3 Å². The zero-order valence-corrected chi connectivity index (χ0v) is 24.5. The second-order valence-electron chi connectivity index (χ2n) is 10.7. The molecular formula is C33H33FN4O3S. The minimum atomic E-state index is -0.529. The fourth-order valence-electron chi connectivity index (χ4n) is 5.63. The fourth-order valence-corrected chi connectivity index (χ4v) is 6.85. The third kappa shape index (κ3) is 5.46. The van der Waals surface area contributed by atoms with Gasteiger partial charge in [-0.15, -0.1) is 11.8 Å². The summed E-state index contributed by atoms with van der Waals surface area (Å²) >= 11 is 1.36. The molecule has 9 heteroatoms. The third-order valence-electron chi connectivity index (χ3n) is 7.98. The van der Waals surface area contributed by atoms with Crippen molar-refractivity contribution in [1.82, 2.24) is 15.1 Å². The van der Waals surface area contributed by atoms with E-state index in [1.807, 2.05) is 62.4 Å². The van der Waals surface area contributed by atoms with E-state index in [9.17, 15) is 9.59 Å². The highest BCUT2D eigenvalue weighted by atomic mass is 32.2. The van der Waals surface area contributed by atoms with E-state index in [0.717, 1.165) is 35.2 Å². The van der Waals surface area contributed by atoms with E-state index in [-0.39, 0.29) is 36.0 Å². The van der Waals surface area contributed by atoms with Gasteiger partial charge < -0.3 is 10.1 Å². The topological polar surface area (TPSA) is 76.5 Å². The van der Waals surface area contributed by atoms with Crippen molar-refractivity contribution in [3.63, 3.8) is 0 Å². The van der Waals surface area contributed by atoms with E-state index in [1.54, 1.807) is 22.9 Å². The highest BCUT2D eigenvalue weighted by Crippen LogP contribution is 2.49. The standard InChI is InChI=1S/C33H33FN4O3S/c1-21-10-8-16-27(22(21)2)38-33-30(31(36-38)23-11-4-3-5-12-23)32(25-14-6-7-15-26(25)34)42-20-29(40)37(33)19-28(39)35-18-24-13-9-17-41-24/h3-8,10-12,14-16,24,32H,9,13,17-20H2,1-2H3,(H,35,39)/t24-,32-/m0/s1. The quantitative estimate of drug-likeness (QED) is 0.299. The van der Waals surface area contributed by atoms with Gasteiger partial charge in [0, 0.05) is 29.8 Å². The minimum Gasteiger partial charge on any atom is -0.376 e. The van der Waals surface area contributed by atoms with Gasteiger partial charge in [0.05, 0.1) is 28.5 Å². The molecule has 4 aromatic rings. The van der Waals surface area contributed by atoms with Crippen molar-refractivity contribution < 1.29 is 18.7 Å². The van der Waals surface area contributed by atoms with Crippen LogP contribution >= 0.6 is 11.8 Å². The first-order valence-corrected chi connectivity index (χ1v) is 15.3. The zero-order chi connectivity index (χ0) is 29.2. The Kier molecular flexibility index (Phi) is 8.13. The summed E-state index contributed by atoms with van der Waals surface area (Å²) in [4.78, 5) is 28.7. The lowest BCUT2D eigenvalue weighted by Crippen LogP contribution is -2.44. The molecule has 0 aliphatic carbocycles. The Hall–Kier alpha value is -3.95. The molecular weight excluding hydrogens is 551 g/mol. The van der Waals surface area contributed by atoms with Gasteiger partial charge in [0.15, 0.2) is 0 Å². The Labute approximate surface area is 249 Å². The number of anilines is 1. The summed E-state index contributed by atoms with van der Waals surface area (Å²) in [6.45, 7) is 4.94. The number of nitrogens with zero attached hydrogens (tertiary/aromatic N) is 3. The van der Waals surface area contributed by atoms with Crippen LogP contribution in [-0.4, -0.2) is 53.1 Å². The second-order valence-corrected chi connectivity index (χ2v) is 11.8. The van der Waals surface area contributed by atoms with Gasteiger partial charge >= 0.3 is 0 Å². The molecule has 2 atom stereocenters. The number of hydrogen-bond donors (Lipinski definition) is 1. The Bertz CT molecular complexity index is 1620. The fraction of sp³-hybridized carbons (Fsp3) is 0.303.